The van der Waals surface area contributed by atoms with E-state index in [0.29, 0.717) is 28.8 Å². The number of nitrogens with zero attached hydrogens (tertiary/aromatic N) is 3. The summed E-state index contributed by atoms with van der Waals surface area (Å²) in [6.45, 7) is 0.649. The predicted octanol–water partition coefficient (Wildman–Crippen LogP) is 3.81. The van der Waals surface area contributed by atoms with Gasteiger partial charge in [-0.3, -0.25) is 14.2 Å². The Morgan fingerprint density at radius 3 is 2.46 bits per heavy atom. The van der Waals surface area contributed by atoms with Crippen LogP contribution >= 0.6 is 11.8 Å². The summed E-state index contributed by atoms with van der Waals surface area (Å²) in [4.78, 5) is 24.7. The Morgan fingerprint density at radius 1 is 0.914 bits per heavy atom. The minimum absolute atomic E-state index is 0.0530. The molecule has 0 atom stereocenters. The van der Waals surface area contributed by atoms with Crippen LogP contribution in [0, 0.1) is 0 Å². The highest BCUT2D eigenvalue weighted by atomic mass is 32.2. The molecule has 3 aromatic carbocycles. The molecule has 176 valence electrons. The average Bonchev–Trinajstić information content (AvgIpc) is 3.53. The van der Waals surface area contributed by atoms with E-state index in [4.69, 9.17) is 9.47 Å². The van der Waals surface area contributed by atoms with Crippen molar-refractivity contribution in [3.05, 3.63) is 90.0 Å². The fourth-order valence-electron chi connectivity index (χ4n) is 3.65. The molecule has 0 unspecified atom stereocenters. The zero-order chi connectivity index (χ0) is 24.0. The summed E-state index contributed by atoms with van der Waals surface area (Å²) < 4.78 is 12.9. The molecule has 2 heterocycles. The van der Waals surface area contributed by atoms with Crippen LogP contribution in [0.1, 0.15) is 15.9 Å². The topological polar surface area (TPSA) is 95.3 Å². The van der Waals surface area contributed by atoms with Crippen LogP contribution in [0.3, 0.4) is 0 Å². The predicted molar refractivity (Wildman–Crippen MR) is 132 cm³/mol. The second kappa shape index (κ2) is 10.4. The molecule has 5 rings (SSSR count). The number of aromatic nitrogens is 3. The molecule has 0 aliphatic carbocycles. The highest BCUT2D eigenvalue weighted by Gasteiger charge is 2.19. The molecular weight excluding hydrogens is 464 g/mol. The lowest BCUT2D eigenvalue weighted by atomic mass is 10.1. The number of fused-ring (bicyclic) bond motifs is 1. The van der Waals surface area contributed by atoms with Crippen LogP contribution in [0.15, 0.2) is 84.0 Å². The summed E-state index contributed by atoms with van der Waals surface area (Å²) in [5.74, 6) is 1.84. The average molecular weight is 487 g/mol. The number of hydrogen-bond acceptors (Lipinski definition) is 7. The van der Waals surface area contributed by atoms with E-state index in [1.54, 1.807) is 24.3 Å². The van der Waals surface area contributed by atoms with Crippen LogP contribution in [-0.2, 0) is 11.3 Å². The summed E-state index contributed by atoms with van der Waals surface area (Å²) in [5, 5.41) is 12.0. The number of carbonyl (C=O) groups is 2. The van der Waals surface area contributed by atoms with Crippen molar-refractivity contribution in [1.29, 1.82) is 0 Å². The summed E-state index contributed by atoms with van der Waals surface area (Å²) in [5.41, 5.74) is 2.48. The van der Waals surface area contributed by atoms with Crippen molar-refractivity contribution >= 4 is 23.5 Å². The molecular formula is C26H22N4O4S. The SMILES string of the molecule is O=C(CSc1nnc(-c2ccccc2)n1Cc1ccc2c(c1)OCO2)NCC(=O)c1ccccc1. The molecule has 0 bridgehead atoms. The molecule has 1 amide bonds. The van der Waals surface area contributed by atoms with E-state index in [0.717, 1.165) is 16.9 Å². The number of ketones is 1. The molecule has 9 heteroatoms. The van der Waals surface area contributed by atoms with E-state index in [1.807, 2.05) is 59.2 Å². The molecule has 1 aromatic heterocycles. The maximum atomic E-state index is 12.5. The van der Waals surface area contributed by atoms with Gasteiger partial charge in [-0.2, -0.15) is 0 Å². The van der Waals surface area contributed by atoms with Gasteiger partial charge in [0.05, 0.1) is 18.8 Å². The molecule has 1 aliphatic heterocycles. The smallest absolute Gasteiger partial charge is 0.231 e. The van der Waals surface area contributed by atoms with Gasteiger partial charge >= 0.3 is 0 Å². The molecule has 35 heavy (non-hydrogen) atoms. The van der Waals surface area contributed by atoms with Crippen LogP contribution in [0.4, 0.5) is 0 Å². The number of ether oxygens (including phenoxy) is 2. The largest absolute Gasteiger partial charge is 0.454 e. The van der Waals surface area contributed by atoms with Crippen molar-refractivity contribution in [2.75, 3.05) is 19.1 Å². The first-order valence-corrected chi connectivity index (χ1v) is 12.0. The highest BCUT2D eigenvalue weighted by Crippen LogP contribution is 2.33. The Bertz CT molecular complexity index is 1340. The lowest BCUT2D eigenvalue weighted by Crippen LogP contribution is -2.31. The minimum atomic E-state index is -0.252. The van der Waals surface area contributed by atoms with Crippen LogP contribution in [-0.4, -0.2) is 45.5 Å². The molecule has 1 N–H and O–H groups in total. The van der Waals surface area contributed by atoms with E-state index in [2.05, 4.69) is 15.5 Å². The minimum Gasteiger partial charge on any atom is -0.454 e. The van der Waals surface area contributed by atoms with Gasteiger partial charge in [-0.25, -0.2) is 0 Å². The van der Waals surface area contributed by atoms with Crippen molar-refractivity contribution < 1.29 is 19.1 Å². The molecule has 0 saturated carbocycles. The Kier molecular flexibility index (Phi) is 6.76. The Labute approximate surface area is 206 Å². The number of thioether (sulfide) groups is 1. The van der Waals surface area contributed by atoms with Crippen molar-refractivity contribution in [2.45, 2.75) is 11.7 Å². The van der Waals surface area contributed by atoms with Crippen molar-refractivity contribution in [1.82, 2.24) is 20.1 Å². The van der Waals surface area contributed by atoms with Gasteiger partial charge in [0.25, 0.3) is 0 Å². The molecule has 8 nitrogen and oxygen atoms in total. The van der Waals surface area contributed by atoms with Gasteiger partial charge in [0.15, 0.2) is 28.3 Å². The van der Waals surface area contributed by atoms with Crippen molar-refractivity contribution in [3.63, 3.8) is 0 Å². The fraction of sp³-hybridized carbons (Fsp3) is 0.154. The number of Topliss-reactive ketones (excluding diaryl/α,β-unsaturated/α-hetero) is 1. The van der Waals surface area contributed by atoms with Gasteiger partial charge in [0.2, 0.25) is 12.7 Å². The second-order valence-electron chi connectivity index (χ2n) is 7.80. The van der Waals surface area contributed by atoms with Crippen molar-refractivity contribution in [2.24, 2.45) is 0 Å². The number of rotatable bonds is 9. The monoisotopic (exact) mass is 486 g/mol. The normalized spacial score (nSPS) is 11.9. The van der Waals surface area contributed by atoms with Crippen LogP contribution < -0.4 is 14.8 Å². The van der Waals surface area contributed by atoms with Gasteiger partial charge in [-0.15, -0.1) is 10.2 Å². The number of benzene rings is 3. The Balaban J connectivity index is 1.30. The number of nitrogens with one attached hydrogen (secondary N) is 1. The molecule has 4 aromatic rings. The lowest BCUT2D eigenvalue weighted by molar-refractivity contribution is -0.118. The Hall–Kier alpha value is -4.11. The number of carbonyl (C=O) groups excluding carboxylic acids is 2. The zero-order valence-corrected chi connectivity index (χ0v) is 19.5. The number of hydrogen-bond donors (Lipinski definition) is 1. The maximum Gasteiger partial charge on any atom is 0.231 e. The summed E-state index contributed by atoms with van der Waals surface area (Å²) in [6, 6.07) is 24.4. The quantitative estimate of drug-likeness (QED) is 0.284. The van der Waals surface area contributed by atoms with E-state index in [9.17, 15) is 9.59 Å². The first kappa shape index (κ1) is 22.7. The van der Waals surface area contributed by atoms with Gasteiger partial charge in [0.1, 0.15) is 0 Å². The van der Waals surface area contributed by atoms with Gasteiger partial charge in [0, 0.05) is 11.1 Å². The first-order valence-electron chi connectivity index (χ1n) is 11.0. The maximum absolute atomic E-state index is 12.5. The van der Waals surface area contributed by atoms with Crippen molar-refractivity contribution in [3.8, 4) is 22.9 Å². The van der Waals surface area contributed by atoms with E-state index >= 15 is 0 Å². The van der Waals surface area contributed by atoms with E-state index in [-0.39, 0.29) is 30.8 Å². The molecule has 1 aliphatic rings. The van der Waals surface area contributed by atoms with Crippen LogP contribution in [0.2, 0.25) is 0 Å². The standard InChI is InChI=1S/C26H22N4O4S/c31-21(19-7-3-1-4-8-19)14-27-24(32)16-35-26-29-28-25(20-9-5-2-6-10-20)30(26)15-18-11-12-22-23(13-18)34-17-33-22/h1-13H,14-17H2,(H,27,32). The van der Waals surface area contributed by atoms with E-state index < -0.39 is 0 Å². The summed E-state index contributed by atoms with van der Waals surface area (Å²) in [6.07, 6.45) is 0. The van der Waals surface area contributed by atoms with Crippen LogP contribution in [0.5, 0.6) is 11.5 Å². The molecule has 0 saturated heterocycles. The van der Waals surface area contributed by atoms with Gasteiger partial charge < -0.3 is 14.8 Å². The fourth-order valence-corrected chi connectivity index (χ4v) is 4.41. The molecule has 0 spiro atoms. The third-order valence-electron chi connectivity index (χ3n) is 5.40. The summed E-state index contributed by atoms with van der Waals surface area (Å²) >= 11 is 1.27. The first-order chi connectivity index (χ1) is 17.2. The Morgan fingerprint density at radius 2 is 1.66 bits per heavy atom. The summed E-state index contributed by atoms with van der Waals surface area (Å²) in [7, 11) is 0. The van der Waals surface area contributed by atoms with Gasteiger partial charge in [-0.05, 0) is 17.7 Å². The zero-order valence-electron chi connectivity index (χ0n) is 18.7. The molecule has 0 fully saturated rings. The third-order valence-corrected chi connectivity index (χ3v) is 6.37. The molecule has 0 radical (unpaired) electrons. The second-order valence-corrected chi connectivity index (χ2v) is 8.74. The third kappa shape index (κ3) is 5.36. The number of amides is 1. The van der Waals surface area contributed by atoms with Crippen LogP contribution in [0.25, 0.3) is 11.4 Å². The highest BCUT2D eigenvalue weighted by molar-refractivity contribution is 7.99. The van der Waals surface area contributed by atoms with Gasteiger partial charge in [-0.1, -0.05) is 78.5 Å². The lowest BCUT2D eigenvalue weighted by Gasteiger charge is -2.11. The van der Waals surface area contributed by atoms with E-state index in [1.165, 1.54) is 11.8 Å².